The maximum Gasteiger partial charge on any atom is 0.496 e. The van der Waals surface area contributed by atoms with Crippen molar-refractivity contribution in [2.75, 3.05) is 0 Å². The molecule has 1 N–H and O–H groups in total. The molecule has 1 aromatic carbocycles. The van der Waals surface area contributed by atoms with Gasteiger partial charge in [-0.25, -0.2) is 0 Å². The summed E-state index contributed by atoms with van der Waals surface area (Å²) in [5, 5.41) is 18.5. The summed E-state index contributed by atoms with van der Waals surface area (Å²) in [4.78, 5) is 0. The number of hydrogen-bond donors (Lipinski definition) is 1. The topological polar surface area (TPSA) is 62.5 Å². The molecule has 0 radical (unpaired) electrons. The zero-order valence-corrected chi connectivity index (χ0v) is 11.0. The molecule has 0 bridgehead atoms. The van der Waals surface area contributed by atoms with E-state index in [1.807, 2.05) is 33.8 Å². The zero-order chi connectivity index (χ0) is 13.6. The lowest BCUT2D eigenvalue weighted by molar-refractivity contribution is 0.00578. The van der Waals surface area contributed by atoms with Crippen molar-refractivity contribution in [3.8, 4) is 11.8 Å². The molecule has 1 fully saturated rings. The van der Waals surface area contributed by atoms with Gasteiger partial charge in [0.15, 0.2) is 0 Å². The van der Waals surface area contributed by atoms with Crippen LogP contribution in [0.2, 0.25) is 0 Å². The first kappa shape index (κ1) is 12.9. The molecule has 5 heteroatoms. The third-order valence-corrected chi connectivity index (χ3v) is 3.66. The molecule has 1 aliphatic rings. The van der Waals surface area contributed by atoms with E-state index in [9.17, 15) is 5.11 Å². The quantitative estimate of drug-likeness (QED) is 0.762. The first-order valence-electron chi connectivity index (χ1n) is 5.85. The normalized spacial score (nSPS) is 20.7. The van der Waals surface area contributed by atoms with Crippen LogP contribution in [-0.2, 0) is 9.31 Å². The summed E-state index contributed by atoms with van der Waals surface area (Å²) in [6, 6.07) is 6.66. The Morgan fingerprint density at radius 2 is 1.72 bits per heavy atom. The number of aromatic hydroxyl groups is 1. The van der Waals surface area contributed by atoms with Gasteiger partial charge in [0.2, 0.25) is 0 Å². The van der Waals surface area contributed by atoms with Crippen molar-refractivity contribution in [2.45, 2.75) is 38.9 Å². The number of phenolic OH excluding ortho intramolecular Hbond substituents is 1. The Balaban J connectivity index is 2.39. The van der Waals surface area contributed by atoms with Crippen LogP contribution in [0.1, 0.15) is 33.3 Å². The molecular formula is C13H16BNO3. The van der Waals surface area contributed by atoms with Crippen molar-refractivity contribution in [2.24, 2.45) is 0 Å². The second kappa shape index (κ2) is 4.01. The molecule has 0 atom stereocenters. The fraction of sp³-hybridized carbons (Fsp3) is 0.462. The van der Waals surface area contributed by atoms with Crippen molar-refractivity contribution < 1.29 is 14.4 Å². The van der Waals surface area contributed by atoms with E-state index < -0.39 is 18.3 Å². The van der Waals surface area contributed by atoms with Gasteiger partial charge in [-0.3, -0.25) is 0 Å². The van der Waals surface area contributed by atoms with E-state index in [1.54, 1.807) is 6.07 Å². The van der Waals surface area contributed by atoms with Gasteiger partial charge in [-0.2, -0.15) is 5.26 Å². The van der Waals surface area contributed by atoms with E-state index in [0.29, 0.717) is 11.0 Å². The van der Waals surface area contributed by atoms with Crippen molar-refractivity contribution in [1.82, 2.24) is 0 Å². The van der Waals surface area contributed by atoms with Gasteiger partial charge < -0.3 is 14.4 Å². The summed E-state index contributed by atoms with van der Waals surface area (Å²) in [7, 11) is -0.578. The van der Waals surface area contributed by atoms with E-state index in [1.165, 1.54) is 12.1 Å². The predicted octanol–water partition coefficient (Wildman–Crippen LogP) is 1.56. The first-order valence-corrected chi connectivity index (χ1v) is 5.85. The number of benzene rings is 1. The number of nitrogens with zero attached hydrogens (tertiary/aromatic N) is 1. The third-order valence-electron chi connectivity index (χ3n) is 3.66. The van der Waals surface area contributed by atoms with Crippen LogP contribution in [0.3, 0.4) is 0 Å². The Hall–Kier alpha value is -1.51. The number of rotatable bonds is 1. The molecule has 2 rings (SSSR count). The van der Waals surface area contributed by atoms with Gasteiger partial charge in [0, 0.05) is 5.46 Å². The molecule has 0 aliphatic carbocycles. The maximum absolute atomic E-state index is 9.38. The SMILES string of the molecule is CC1(C)OB(c2ccc(O)cc2C#N)OC1(C)C. The lowest BCUT2D eigenvalue weighted by atomic mass is 9.76. The zero-order valence-electron chi connectivity index (χ0n) is 11.0. The summed E-state index contributed by atoms with van der Waals surface area (Å²) in [6.45, 7) is 7.83. The van der Waals surface area contributed by atoms with Gasteiger partial charge >= 0.3 is 7.12 Å². The molecule has 0 aromatic heterocycles. The summed E-state index contributed by atoms with van der Waals surface area (Å²) in [5.74, 6) is 0.0619. The standard InChI is InChI=1S/C13H16BNO3/c1-12(2)13(3,4)18-14(17-12)11-6-5-10(16)7-9(11)8-15/h5-7,16H,1-4H3. The molecule has 0 spiro atoms. The second-order valence-corrected chi connectivity index (χ2v) is 5.47. The number of nitriles is 1. The Morgan fingerprint density at radius 1 is 1.17 bits per heavy atom. The minimum atomic E-state index is -0.578. The Morgan fingerprint density at radius 3 is 2.22 bits per heavy atom. The second-order valence-electron chi connectivity index (χ2n) is 5.47. The minimum Gasteiger partial charge on any atom is -0.508 e. The van der Waals surface area contributed by atoms with Gasteiger partial charge in [0.05, 0.1) is 22.8 Å². The summed E-state index contributed by atoms with van der Waals surface area (Å²) in [6.07, 6.45) is 0. The Labute approximate surface area is 107 Å². The Bertz CT molecular complexity index is 503. The third kappa shape index (κ3) is 1.98. The van der Waals surface area contributed by atoms with Gasteiger partial charge in [-0.15, -0.1) is 0 Å². The van der Waals surface area contributed by atoms with Crippen LogP contribution in [0.25, 0.3) is 0 Å². The molecule has 4 nitrogen and oxygen atoms in total. The van der Waals surface area contributed by atoms with Crippen LogP contribution < -0.4 is 5.46 Å². The van der Waals surface area contributed by atoms with E-state index in [-0.39, 0.29) is 5.75 Å². The summed E-state index contributed by atoms with van der Waals surface area (Å²) >= 11 is 0. The van der Waals surface area contributed by atoms with Crippen LogP contribution in [0, 0.1) is 11.3 Å². The van der Waals surface area contributed by atoms with E-state index in [0.717, 1.165) is 0 Å². The van der Waals surface area contributed by atoms with Crippen LogP contribution in [0.4, 0.5) is 0 Å². The van der Waals surface area contributed by atoms with Crippen LogP contribution >= 0.6 is 0 Å². The van der Waals surface area contributed by atoms with E-state index >= 15 is 0 Å². The summed E-state index contributed by atoms with van der Waals surface area (Å²) in [5.41, 5.74) is 0.132. The molecule has 94 valence electrons. The van der Waals surface area contributed by atoms with Gasteiger partial charge in [-0.05, 0) is 39.8 Å². The lowest BCUT2D eigenvalue weighted by Crippen LogP contribution is -2.41. The van der Waals surface area contributed by atoms with Gasteiger partial charge in [0.1, 0.15) is 5.75 Å². The van der Waals surface area contributed by atoms with Crippen molar-refractivity contribution in [3.05, 3.63) is 23.8 Å². The fourth-order valence-corrected chi connectivity index (χ4v) is 1.82. The van der Waals surface area contributed by atoms with E-state index in [2.05, 4.69) is 0 Å². The number of hydrogen-bond acceptors (Lipinski definition) is 4. The van der Waals surface area contributed by atoms with E-state index in [4.69, 9.17) is 14.6 Å². The predicted molar refractivity (Wildman–Crippen MR) is 68.5 cm³/mol. The molecule has 1 heterocycles. The maximum atomic E-state index is 9.38. The monoisotopic (exact) mass is 245 g/mol. The van der Waals surface area contributed by atoms with Gasteiger partial charge in [-0.1, -0.05) is 6.07 Å². The highest BCUT2D eigenvalue weighted by atomic mass is 16.7. The van der Waals surface area contributed by atoms with Crippen molar-refractivity contribution in [3.63, 3.8) is 0 Å². The molecular weight excluding hydrogens is 229 g/mol. The van der Waals surface area contributed by atoms with Gasteiger partial charge in [0.25, 0.3) is 0 Å². The molecule has 1 aliphatic heterocycles. The smallest absolute Gasteiger partial charge is 0.496 e. The average Bonchev–Trinajstić information content (AvgIpc) is 2.47. The lowest BCUT2D eigenvalue weighted by Gasteiger charge is -2.32. The highest BCUT2D eigenvalue weighted by Gasteiger charge is 2.52. The Kier molecular flexibility index (Phi) is 2.88. The molecule has 18 heavy (non-hydrogen) atoms. The largest absolute Gasteiger partial charge is 0.508 e. The number of phenols is 1. The molecule has 1 aromatic rings. The molecule has 0 amide bonds. The highest BCUT2D eigenvalue weighted by molar-refractivity contribution is 6.62. The van der Waals surface area contributed by atoms with Crippen molar-refractivity contribution in [1.29, 1.82) is 5.26 Å². The summed E-state index contributed by atoms with van der Waals surface area (Å²) < 4.78 is 11.8. The first-order chi connectivity index (χ1) is 8.27. The molecule has 0 saturated carbocycles. The fourth-order valence-electron chi connectivity index (χ4n) is 1.82. The van der Waals surface area contributed by atoms with Crippen molar-refractivity contribution >= 4 is 12.6 Å². The van der Waals surface area contributed by atoms with Crippen LogP contribution in [0.5, 0.6) is 5.75 Å². The van der Waals surface area contributed by atoms with Crippen LogP contribution in [-0.4, -0.2) is 23.4 Å². The molecule has 0 unspecified atom stereocenters. The minimum absolute atomic E-state index is 0.0619. The average molecular weight is 245 g/mol. The molecule has 1 saturated heterocycles. The highest BCUT2D eigenvalue weighted by Crippen LogP contribution is 2.36. The van der Waals surface area contributed by atoms with Crippen LogP contribution in [0.15, 0.2) is 18.2 Å².